The van der Waals surface area contributed by atoms with Gasteiger partial charge < -0.3 is 0 Å². The van der Waals surface area contributed by atoms with Crippen LogP contribution in [0.3, 0.4) is 0 Å². The Labute approximate surface area is 92.5 Å². The number of benzene rings is 1. The van der Waals surface area contributed by atoms with Crippen LogP contribution in [0.25, 0.3) is 0 Å². The van der Waals surface area contributed by atoms with Gasteiger partial charge in [-0.25, -0.2) is 4.39 Å². The molecule has 2 rings (SSSR count). The summed E-state index contributed by atoms with van der Waals surface area (Å²) in [6, 6.07) is 5.94. The van der Waals surface area contributed by atoms with Gasteiger partial charge in [0.2, 0.25) is 5.78 Å². The second kappa shape index (κ2) is 3.89. The van der Waals surface area contributed by atoms with Crippen molar-refractivity contribution < 1.29 is 9.18 Å². The number of halogens is 1. The SMILES string of the molecule is Cc1cc(C(=O)c2ccn(C)n2)ccc1F. The van der Waals surface area contributed by atoms with Crippen molar-refractivity contribution >= 4 is 5.78 Å². The Kier molecular flexibility index (Phi) is 2.56. The minimum atomic E-state index is -0.308. The van der Waals surface area contributed by atoms with E-state index in [1.165, 1.54) is 18.2 Å². The van der Waals surface area contributed by atoms with Crippen LogP contribution >= 0.6 is 0 Å². The van der Waals surface area contributed by atoms with Gasteiger partial charge in [0.05, 0.1) is 0 Å². The summed E-state index contributed by atoms with van der Waals surface area (Å²) >= 11 is 0. The molecule has 0 amide bonds. The summed E-state index contributed by atoms with van der Waals surface area (Å²) in [5.74, 6) is -0.499. The average molecular weight is 218 g/mol. The third-order valence-corrected chi connectivity index (χ3v) is 2.37. The van der Waals surface area contributed by atoms with E-state index in [9.17, 15) is 9.18 Å². The lowest BCUT2D eigenvalue weighted by Gasteiger charge is -2.00. The summed E-state index contributed by atoms with van der Waals surface area (Å²) in [7, 11) is 1.74. The molecule has 0 unspecified atom stereocenters. The zero-order chi connectivity index (χ0) is 11.7. The Balaban J connectivity index is 2.38. The number of carbonyl (C=O) groups excluding carboxylic acids is 1. The zero-order valence-electron chi connectivity index (χ0n) is 9.07. The third-order valence-electron chi connectivity index (χ3n) is 2.37. The highest BCUT2D eigenvalue weighted by molar-refractivity contribution is 6.07. The number of hydrogen-bond donors (Lipinski definition) is 0. The molecule has 0 bridgehead atoms. The van der Waals surface area contributed by atoms with Gasteiger partial charge in [0.15, 0.2) is 0 Å². The van der Waals surface area contributed by atoms with Crippen LogP contribution in [-0.2, 0) is 7.05 Å². The topological polar surface area (TPSA) is 34.9 Å². The Bertz CT molecular complexity index is 546. The molecule has 0 saturated carbocycles. The van der Waals surface area contributed by atoms with Crippen LogP contribution in [0.5, 0.6) is 0 Å². The lowest BCUT2D eigenvalue weighted by Crippen LogP contribution is -2.04. The average Bonchev–Trinajstić information content (AvgIpc) is 2.68. The maximum absolute atomic E-state index is 13.0. The minimum Gasteiger partial charge on any atom is -0.287 e. The number of aromatic nitrogens is 2. The van der Waals surface area contributed by atoms with E-state index in [0.717, 1.165) is 0 Å². The summed E-state index contributed by atoms with van der Waals surface area (Å²) in [6.07, 6.45) is 1.70. The molecule has 0 atom stereocenters. The molecule has 4 heteroatoms. The first kappa shape index (κ1) is 10.5. The number of nitrogens with zero attached hydrogens (tertiary/aromatic N) is 2. The molecule has 0 aliphatic rings. The van der Waals surface area contributed by atoms with Gasteiger partial charge >= 0.3 is 0 Å². The van der Waals surface area contributed by atoms with E-state index >= 15 is 0 Å². The first-order chi connectivity index (χ1) is 7.58. The lowest BCUT2D eigenvalue weighted by atomic mass is 10.1. The number of carbonyl (C=O) groups is 1. The van der Waals surface area contributed by atoms with Gasteiger partial charge in [-0.2, -0.15) is 5.10 Å². The van der Waals surface area contributed by atoms with Gasteiger partial charge in [0.25, 0.3) is 0 Å². The van der Waals surface area contributed by atoms with Crippen LogP contribution in [0.2, 0.25) is 0 Å². The number of hydrogen-bond acceptors (Lipinski definition) is 2. The molecule has 1 heterocycles. The molecule has 0 N–H and O–H groups in total. The largest absolute Gasteiger partial charge is 0.287 e. The Morgan fingerprint density at radius 2 is 2.12 bits per heavy atom. The number of rotatable bonds is 2. The molecular formula is C12H11FN2O. The molecule has 0 fully saturated rings. The maximum atomic E-state index is 13.0. The molecule has 0 aliphatic heterocycles. The van der Waals surface area contributed by atoms with Crippen LogP contribution in [-0.4, -0.2) is 15.6 Å². The van der Waals surface area contributed by atoms with E-state index in [4.69, 9.17) is 0 Å². The van der Waals surface area contributed by atoms with Crippen LogP contribution in [0.1, 0.15) is 21.6 Å². The molecular weight excluding hydrogens is 207 g/mol. The fourth-order valence-corrected chi connectivity index (χ4v) is 1.47. The predicted molar refractivity (Wildman–Crippen MR) is 57.8 cm³/mol. The monoisotopic (exact) mass is 218 g/mol. The fraction of sp³-hybridized carbons (Fsp3) is 0.167. The molecule has 2 aromatic rings. The van der Waals surface area contributed by atoms with Crippen LogP contribution < -0.4 is 0 Å². The van der Waals surface area contributed by atoms with E-state index in [-0.39, 0.29) is 11.6 Å². The highest BCUT2D eigenvalue weighted by atomic mass is 19.1. The molecule has 16 heavy (non-hydrogen) atoms. The van der Waals surface area contributed by atoms with E-state index in [1.54, 1.807) is 30.9 Å². The first-order valence-electron chi connectivity index (χ1n) is 4.88. The van der Waals surface area contributed by atoms with Crippen molar-refractivity contribution in [3.63, 3.8) is 0 Å². The summed E-state index contributed by atoms with van der Waals surface area (Å²) in [5, 5.41) is 4.01. The van der Waals surface area contributed by atoms with Gasteiger partial charge in [-0.15, -0.1) is 0 Å². The smallest absolute Gasteiger partial charge is 0.213 e. The van der Waals surface area contributed by atoms with Crippen molar-refractivity contribution in [3.8, 4) is 0 Å². The summed E-state index contributed by atoms with van der Waals surface area (Å²) in [6.45, 7) is 1.63. The quantitative estimate of drug-likeness (QED) is 0.723. The number of ketones is 1. The summed E-state index contributed by atoms with van der Waals surface area (Å²) < 4.78 is 14.6. The van der Waals surface area contributed by atoms with E-state index in [2.05, 4.69) is 5.10 Å². The minimum absolute atomic E-state index is 0.191. The second-order valence-corrected chi connectivity index (χ2v) is 3.67. The van der Waals surface area contributed by atoms with Gasteiger partial charge in [0.1, 0.15) is 11.5 Å². The highest BCUT2D eigenvalue weighted by Gasteiger charge is 2.12. The molecule has 3 nitrogen and oxygen atoms in total. The Hall–Kier alpha value is -1.97. The van der Waals surface area contributed by atoms with E-state index in [0.29, 0.717) is 16.8 Å². The Morgan fingerprint density at radius 1 is 1.38 bits per heavy atom. The van der Waals surface area contributed by atoms with Gasteiger partial charge in [0, 0.05) is 18.8 Å². The molecule has 0 radical (unpaired) electrons. The third kappa shape index (κ3) is 1.86. The molecule has 0 spiro atoms. The highest BCUT2D eigenvalue weighted by Crippen LogP contribution is 2.12. The summed E-state index contributed by atoms with van der Waals surface area (Å²) in [5.41, 5.74) is 1.29. The lowest BCUT2D eigenvalue weighted by molar-refractivity contribution is 0.103. The molecule has 0 aliphatic carbocycles. The van der Waals surface area contributed by atoms with Crippen molar-refractivity contribution in [2.75, 3.05) is 0 Å². The second-order valence-electron chi connectivity index (χ2n) is 3.67. The van der Waals surface area contributed by atoms with E-state index in [1.807, 2.05) is 0 Å². The van der Waals surface area contributed by atoms with Crippen molar-refractivity contribution in [1.82, 2.24) is 9.78 Å². The standard InChI is InChI=1S/C12H11FN2O/c1-8-7-9(3-4-10(8)13)12(16)11-5-6-15(2)14-11/h3-7H,1-2H3. The van der Waals surface area contributed by atoms with Gasteiger partial charge in [-0.1, -0.05) is 0 Å². The predicted octanol–water partition coefficient (Wildman–Crippen LogP) is 2.10. The normalized spacial score (nSPS) is 10.4. The summed E-state index contributed by atoms with van der Waals surface area (Å²) in [4.78, 5) is 11.9. The van der Waals surface area contributed by atoms with Gasteiger partial charge in [-0.3, -0.25) is 9.48 Å². The molecule has 1 aromatic heterocycles. The Morgan fingerprint density at radius 3 is 2.69 bits per heavy atom. The molecule has 1 aromatic carbocycles. The van der Waals surface area contributed by atoms with E-state index < -0.39 is 0 Å². The fourth-order valence-electron chi connectivity index (χ4n) is 1.47. The zero-order valence-corrected chi connectivity index (χ0v) is 9.07. The van der Waals surface area contributed by atoms with Crippen molar-refractivity contribution in [2.24, 2.45) is 7.05 Å². The molecule has 82 valence electrons. The van der Waals surface area contributed by atoms with Gasteiger partial charge in [-0.05, 0) is 36.8 Å². The van der Waals surface area contributed by atoms with Crippen molar-refractivity contribution in [3.05, 3.63) is 53.1 Å². The van der Waals surface area contributed by atoms with Crippen LogP contribution in [0, 0.1) is 12.7 Å². The molecule has 0 saturated heterocycles. The first-order valence-corrected chi connectivity index (χ1v) is 4.88. The maximum Gasteiger partial charge on any atom is 0.213 e. The van der Waals surface area contributed by atoms with Crippen molar-refractivity contribution in [1.29, 1.82) is 0 Å². The van der Waals surface area contributed by atoms with Crippen molar-refractivity contribution in [2.45, 2.75) is 6.92 Å². The van der Waals surface area contributed by atoms with Crippen LogP contribution in [0.4, 0.5) is 4.39 Å². The number of aryl methyl sites for hydroxylation is 2. The van der Waals surface area contributed by atoms with Crippen LogP contribution in [0.15, 0.2) is 30.5 Å².